The van der Waals surface area contributed by atoms with Crippen LogP contribution in [-0.2, 0) is 26.0 Å². The lowest BCUT2D eigenvalue weighted by atomic mass is 9.59. The van der Waals surface area contributed by atoms with E-state index in [0.717, 1.165) is 129 Å². The quantitative estimate of drug-likeness (QED) is 0.0519. The van der Waals surface area contributed by atoms with Crippen molar-refractivity contribution in [3.8, 4) is 11.6 Å². The van der Waals surface area contributed by atoms with E-state index in [-0.39, 0.29) is 53.4 Å². The van der Waals surface area contributed by atoms with Crippen LogP contribution in [0.25, 0.3) is 22.0 Å². The summed E-state index contributed by atoms with van der Waals surface area (Å²) in [5.74, 6) is 2.33. The van der Waals surface area contributed by atoms with E-state index < -0.39 is 43.1 Å². The van der Waals surface area contributed by atoms with E-state index in [9.17, 15) is 28.4 Å². The molecule has 3 aromatic carbocycles. The van der Waals surface area contributed by atoms with Gasteiger partial charge in [-0.25, -0.2) is 18.1 Å². The SMILES string of the molecule is Cc1cc2cc(CN3CCN(C4CC5(CCN(c6ccc(C(=O)NS(=O)(=O)c7ccc(NCC8CCC(C)(O)CC8)c([N+](=O)[O-])c7)c(N7c8cc9cc[nH]c9nc8O[C@H]8COCC[C@@H]87)c6)CC5)C4)[C@@H](c4ccccc4OC(C)C)C3)nc(N3CCOC[C@H]3C)c2o1. The first kappa shape index (κ1) is 61.0. The summed E-state index contributed by atoms with van der Waals surface area (Å²) in [5.41, 5.74) is 4.96. The van der Waals surface area contributed by atoms with Crippen LogP contribution < -0.4 is 34.2 Å². The summed E-state index contributed by atoms with van der Waals surface area (Å²) in [4.78, 5) is 51.9. The zero-order valence-corrected chi connectivity index (χ0v) is 53.4. The second-order valence-corrected chi connectivity index (χ2v) is 28.8. The fraction of sp³-hybridized carbons (Fsp3) is 0.515. The number of para-hydroxylation sites is 1. The van der Waals surface area contributed by atoms with Gasteiger partial charge in [0, 0.05) is 99.3 Å². The molecule has 91 heavy (non-hydrogen) atoms. The van der Waals surface area contributed by atoms with Crippen LogP contribution in [-0.4, -0.2) is 157 Å². The Morgan fingerprint density at radius 1 is 0.901 bits per heavy atom. The maximum Gasteiger partial charge on any atom is 0.293 e. The lowest BCUT2D eigenvalue weighted by Gasteiger charge is -2.58. The number of piperazine rings is 1. The average Bonchev–Trinajstić information content (AvgIpc) is 1.12. The molecule has 1 spiro atoms. The summed E-state index contributed by atoms with van der Waals surface area (Å²) in [7, 11) is -4.66. The number of nitrogens with zero attached hydrogens (tertiary/aromatic N) is 8. The summed E-state index contributed by atoms with van der Waals surface area (Å²) in [6.07, 6.45) is 8.78. The van der Waals surface area contributed by atoms with Crippen molar-refractivity contribution in [2.75, 3.05) is 92.3 Å². The Hall–Kier alpha value is -7.54. The van der Waals surface area contributed by atoms with Crippen molar-refractivity contribution in [1.82, 2.24) is 29.5 Å². The highest BCUT2D eigenvalue weighted by Gasteiger charge is 2.51. The predicted molar refractivity (Wildman–Crippen MR) is 347 cm³/mol. The molecule has 7 aliphatic rings. The summed E-state index contributed by atoms with van der Waals surface area (Å²) in [5, 5.41) is 28.0. The van der Waals surface area contributed by atoms with Gasteiger partial charge in [0.25, 0.3) is 21.6 Å². The highest BCUT2D eigenvalue weighted by Crippen LogP contribution is 2.54. The van der Waals surface area contributed by atoms with Gasteiger partial charge in [0.1, 0.15) is 34.6 Å². The van der Waals surface area contributed by atoms with E-state index in [1.807, 2.05) is 44.3 Å². The number of aliphatic hydroxyl groups is 1. The van der Waals surface area contributed by atoms with E-state index in [0.29, 0.717) is 81.1 Å². The molecule has 0 unspecified atom stereocenters. The van der Waals surface area contributed by atoms with Crippen LogP contribution in [0.1, 0.15) is 119 Å². The van der Waals surface area contributed by atoms with Gasteiger partial charge in [0.05, 0.1) is 76.4 Å². The lowest BCUT2D eigenvalue weighted by Crippen LogP contribution is -2.59. The number of pyridine rings is 2. The number of benzene rings is 3. The number of H-pyrrole nitrogens is 1. The molecule has 0 bridgehead atoms. The summed E-state index contributed by atoms with van der Waals surface area (Å²) in [6, 6.07) is 26.4. The van der Waals surface area contributed by atoms with Gasteiger partial charge in [-0.1, -0.05) is 18.2 Å². The molecule has 9 heterocycles. The molecular formula is C68H83N11O11S. The van der Waals surface area contributed by atoms with Crippen LogP contribution >= 0.6 is 0 Å². The topological polar surface area (TPSA) is 246 Å². The molecule has 2 aliphatic carbocycles. The number of anilines is 5. The third-order valence-corrected chi connectivity index (χ3v) is 21.7. The monoisotopic (exact) mass is 1260 g/mol. The summed E-state index contributed by atoms with van der Waals surface area (Å²) >= 11 is 0. The van der Waals surface area contributed by atoms with Crippen LogP contribution in [0.5, 0.6) is 11.6 Å². The van der Waals surface area contributed by atoms with Crippen molar-refractivity contribution < 1.29 is 46.6 Å². The standard InChI is InChI=1S/C68H83N11O11S/c1-42(2)88-60-9-7-6-8-52(60)59-39-74(38-48-31-47-30-44(4)89-62(47)64(71-48)76-27-29-87-40-43(76)3)25-26-77(59)50-35-68(36-50)20-23-75(24-21-68)49-10-12-53(56(33-49)78-55-17-28-86-41-61(55)90-66-58(78)32-46-16-22-69-63(46)72-66)65(80)73-91(84,85)51-11-13-54(57(34-51)79(82)83)70-37-45-14-18-67(5,81)19-15-45/h6-13,16,22,30-34,42-43,45,50,55,59,61,70,81H,14-15,17-21,23-29,35-41H2,1-5H3,(H,69,72)(H,73,80)/t43-,45?,55+,59-,61+,67?/m1/s1. The molecule has 5 aliphatic heterocycles. The van der Waals surface area contributed by atoms with Gasteiger partial charge >= 0.3 is 0 Å². The van der Waals surface area contributed by atoms with Gasteiger partial charge in [0.15, 0.2) is 11.4 Å². The fourth-order valence-electron chi connectivity index (χ4n) is 15.4. The van der Waals surface area contributed by atoms with Crippen LogP contribution in [0.15, 0.2) is 100 Å². The number of hydrogen-bond acceptors (Lipinski definition) is 19. The average molecular weight is 1260 g/mol. The number of carbonyl (C=O) groups is 1. The third kappa shape index (κ3) is 12.3. The first-order valence-corrected chi connectivity index (χ1v) is 34.0. The van der Waals surface area contributed by atoms with Crippen molar-refractivity contribution in [3.05, 3.63) is 124 Å². The highest BCUT2D eigenvalue weighted by atomic mass is 32.2. The minimum Gasteiger partial charge on any atom is -0.491 e. The molecular weight excluding hydrogens is 1180 g/mol. The zero-order chi connectivity index (χ0) is 62.9. The Bertz CT molecular complexity index is 3980. The number of ether oxygens (including phenoxy) is 4. The minimum atomic E-state index is -4.66. The Balaban J connectivity index is 0.715. The Labute approximate surface area is 530 Å². The number of nitro groups is 1. The zero-order valence-electron chi connectivity index (χ0n) is 52.6. The van der Waals surface area contributed by atoms with Crippen LogP contribution in [0.3, 0.4) is 0 Å². The second-order valence-electron chi connectivity index (χ2n) is 27.2. The van der Waals surface area contributed by atoms with Gasteiger partial charge in [-0.3, -0.25) is 24.7 Å². The molecule has 14 rings (SSSR count). The fourth-order valence-corrected chi connectivity index (χ4v) is 16.4. The molecule has 6 fully saturated rings. The normalized spacial score (nSPS) is 24.9. The van der Waals surface area contributed by atoms with Gasteiger partial charge < -0.3 is 53.5 Å². The molecule has 0 radical (unpaired) electrons. The van der Waals surface area contributed by atoms with Crippen LogP contribution in [0, 0.1) is 28.4 Å². The molecule has 482 valence electrons. The van der Waals surface area contributed by atoms with E-state index in [1.165, 1.54) is 17.7 Å². The Morgan fingerprint density at radius 2 is 1.70 bits per heavy atom. The largest absolute Gasteiger partial charge is 0.491 e. The number of amides is 1. The number of fused-ring (bicyclic) bond motifs is 4. The maximum absolute atomic E-state index is 14.9. The minimum absolute atomic E-state index is 0.0159. The van der Waals surface area contributed by atoms with Crippen molar-refractivity contribution in [1.29, 1.82) is 0 Å². The first-order valence-electron chi connectivity index (χ1n) is 32.5. The first-order chi connectivity index (χ1) is 43.8. The molecule has 4 saturated heterocycles. The lowest BCUT2D eigenvalue weighted by molar-refractivity contribution is -0.384. The van der Waals surface area contributed by atoms with E-state index in [1.54, 1.807) is 6.07 Å². The van der Waals surface area contributed by atoms with Crippen LogP contribution in [0.4, 0.5) is 34.3 Å². The molecule has 7 aromatic rings. The molecule has 4 aromatic heterocycles. The molecule has 22 nitrogen and oxygen atoms in total. The van der Waals surface area contributed by atoms with Gasteiger partial charge in [-0.15, -0.1) is 0 Å². The summed E-state index contributed by atoms with van der Waals surface area (Å²) < 4.78 is 62.2. The van der Waals surface area contributed by atoms with Crippen molar-refractivity contribution in [3.63, 3.8) is 0 Å². The predicted octanol–water partition coefficient (Wildman–Crippen LogP) is 10.4. The smallest absolute Gasteiger partial charge is 0.293 e. The number of furan rings is 1. The van der Waals surface area contributed by atoms with E-state index in [4.69, 9.17) is 33.3 Å². The number of aromatic nitrogens is 3. The number of nitro benzene ring substituents is 1. The number of aromatic amines is 1. The van der Waals surface area contributed by atoms with E-state index in [2.05, 4.69) is 96.7 Å². The molecule has 2 saturated carbocycles. The Morgan fingerprint density at radius 3 is 2.49 bits per heavy atom. The number of morpholine rings is 1. The third-order valence-electron chi connectivity index (χ3n) is 20.4. The van der Waals surface area contributed by atoms with Gasteiger partial charge in [-0.2, -0.15) is 4.98 Å². The van der Waals surface area contributed by atoms with Gasteiger partial charge in [0.2, 0.25) is 5.88 Å². The molecule has 1 amide bonds. The number of carbonyl (C=O) groups excluding carboxylic acids is 1. The number of nitrogens with one attached hydrogen (secondary N) is 3. The summed E-state index contributed by atoms with van der Waals surface area (Å²) in [6.45, 7) is 18.3. The Kier molecular flexibility index (Phi) is 16.4. The van der Waals surface area contributed by atoms with E-state index >= 15 is 0 Å². The van der Waals surface area contributed by atoms with Crippen LogP contribution in [0.2, 0.25) is 0 Å². The number of piperidine rings is 1. The number of aryl methyl sites for hydroxylation is 1. The van der Waals surface area contributed by atoms with Crippen molar-refractivity contribution in [2.45, 2.75) is 146 Å². The number of rotatable bonds is 16. The molecule has 4 atom stereocenters. The van der Waals surface area contributed by atoms with Gasteiger partial charge in [-0.05, 0) is 164 Å². The van der Waals surface area contributed by atoms with Crippen molar-refractivity contribution in [2.24, 2.45) is 11.3 Å². The molecule has 4 N–H and O–H groups in total. The highest BCUT2D eigenvalue weighted by molar-refractivity contribution is 7.90. The molecule has 23 heteroatoms. The van der Waals surface area contributed by atoms with Crippen molar-refractivity contribution >= 4 is 72.2 Å². The number of hydrogen-bond donors (Lipinski definition) is 4. The number of sulfonamides is 1. The second kappa shape index (κ2) is 24.5. The maximum atomic E-state index is 14.9.